The molecule has 0 saturated carbocycles. The first kappa shape index (κ1) is 17.5. The first-order valence-corrected chi connectivity index (χ1v) is 7.65. The maximum Gasteiger partial charge on any atom is 0.293 e. The number of hydrogen-bond acceptors (Lipinski definition) is 3. The van der Waals surface area contributed by atoms with Crippen LogP contribution in [-0.2, 0) is 16.0 Å². The molecule has 2 aromatic heterocycles. The van der Waals surface area contributed by atoms with E-state index in [0.29, 0.717) is 36.1 Å². The Morgan fingerprint density at radius 3 is 2.58 bits per heavy atom. The molecule has 0 bridgehead atoms. The van der Waals surface area contributed by atoms with Crippen molar-refractivity contribution < 1.29 is 13.9 Å². The molecule has 2 heterocycles. The molecule has 0 atom stereocenters. The van der Waals surface area contributed by atoms with Crippen LogP contribution in [-0.4, -0.2) is 23.0 Å². The predicted octanol–water partition coefficient (Wildman–Crippen LogP) is 3.40. The van der Waals surface area contributed by atoms with Crippen molar-refractivity contribution in [3.63, 3.8) is 0 Å². The van der Waals surface area contributed by atoms with Crippen LogP contribution >= 0.6 is 0 Å². The molecule has 0 aliphatic carbocycles. The Morgan fingerprint density at radius 2 is 2.00 bits per heavy atom. The van der Waals surface area contributed by atoms with Gasteiger partial charge in [0.1, 0.15) is 5.82 Å². The minimum atomic E-state index is -0.217. The van der Waals surface area contributed by atoms with Gasteiger partial charge in [-0.2, -0.15) is 0 Å². The van der Waals surface area contributed by atoms with Crippen LogP contribution in [0.25, 0.3) is 22.0 Å². The van der Waals surface area contributed by atoms with Gasteiger partial charge in [0.2, 0.25) is 0 Å². The number of fused-ring (bicyclic) bond motifs is 1. The molecule has 3 rings (SSSR count). The van der Waals surface area contributed by atoms with E-state index in [4.69, 9.17) is 0 Å². The number of aromatic amines is 2. The van der Waals surface area contributed by atoms with E-state index in [1.165, 1.54) is 6.07 Å². The van der Waals surface area contributed by atoms with Crippen molar-refractivity contribution >= 4 is 17.4 Å². The Kier molecular flexibility index (Phi) is 5.89. The average molecular weight is 330 g/mol. The number of pyridine rings is 1. The summed E-state index contributed by atoms with van der Waals surface area (Å²) in [5.41, 5.74) is 2.59. The van der Waals surface area contributed by atoms with Crippen LogP contribution in [0.15, 0.2) is 41.5 Å². The Morgan fingerprint density at radius 1 is 1.21 bits per heavy atom. The van der Waals surface area contributed by atoms with Crippen LogP contribution in [0, 0.1) is 5.82 Å². The molecule has 2 N–H and O–H groups in total. The Labute approximate surface area is 138 Å². The summed E-state index contributed by atoms with van der Waals surface area (Å²) in [6, 6.07) is 6.83. The molecule has 5 nitrogen and oxygen atoms in total. The molecule has 0 fully saturated rings. The number of H-pyrrole nitrogens is 2. The van der Waals surface area contributed by atoms with E-state index in [0.717, 1.165) is 10.9 Å². The van der Waals surface area contributed by atoms with Gasteiger partial charge in [-0.05, 0) is 43.2 Å². The Hall–Kier alpha value is -2.89. The number of aryl methyl sites for hydroxylation is 1. The Bertz CT molecular complexity index is 883. The molecule has 0 amide bonds. The third-order valence-electron chi connectivity index (χ3n) is 3.57. The van der Waals surface area contributed by atoms with Crippen molar-refractivity contribution in [1.82, 2.24) is 9.97 Å². The van der Waals surface area contributed by atoms with Crippen molar-refractivity contribution in [3.05, 3.63) is 58.4 Å². The van der Waals surface area contributed by atoms with E-state index in [2.05, 4.69) is 14.7 Å². The minimum absolute atomic E-state index is 0.147. The van der Waals surface area contributed by atoms with E-state index < -0.39 is 0 Å². The summed E-state index contributed by atoms with van der Waals surface area (Å²) < 4.78 is 17.9. The van der Waals surface area contributed by atoms with E-state index >= 15 is 0 Å². The standard InChI is InChI=1S/C15H13FN2O.C3H6O2/c1-2-9-6-11-12(8-18-14(11)7-13(9)16)10-4-3-5-17-15(10)19;1-2-5-3-4/h3-8,18H,2H2,1H3,(H,17,19);3H,2H2,1H3. The number of rotatable bonds is 4. The van der Waals surface area contributed by atoms with Crippen LogP contribution in [0.2, 0.25) is 0 Å². The number of nitrogens with one attached hydrogen (secondary N) is 2. The molecule has 0 unspecified atom stereocenters. The number of carbonyl (C=O) groups excluding carboxylic acids is 1. The first-order chi connectivity index (χ1) is 11.6. The number of halogens is 1. The minimum Gasteiger partial charge on any atom is -0.468 e. The predicted molar refractivity (Wildman–Crippen MR) is 91.4 cm³/mol. The van der Waals surface area contributed by atoms with Crippen molar-refractivity contribution in [1.29, 1.82) is 0 Å². The average Bonchev–Trinajstić information content (AvgIpc) is 2.98. The normalized spacial score (nSPS) is 10.1. The second kappa shape index (κ2) is 8.10. The summed E-state index contributed by atoms with van der Waals surface area (Å²) >= 11 is 0. The van der Waals surface area contributed by atoms with Crippen LogP contribution in [0.1, 0.15) is 19.4 Å². The molecule has 1 aromatic carbocycles. The smallest absolute Gasteiger partial charge is 0.293 e. The maximum atomic E-state index is 13.7. The lowest BCUT2D eigenvalue weighted by Crippen LogP contribution is -2.06. The lowest BCUT2D eigenvalue weighted by molar-refractivity contribution is -0.128. The summed E-state index contributed by atoms with van der Waals surface area (Å²) in [6.07, 6.45) is 3.96. The highest BCUT2D eigenvalue weighted by atomic mass is 19.1. The van der Waals surface area contributed by atoms with Gasteiger partial charge in [-0.1, -0.05) is 6.92 Å². The lowest BCUT2D eigenvalue weighted by atomic mass is 10.0. The molecule has 126 valence electrons. The van der Waals surface area contributed by atoms with Gasteiger partial charge in [-0.25, -0.2) is 4.39 Å². The van der Waals surface area contributed by atoms with E-state index in [1.54, 1.807) is 31.5 Å². The summed E-state index contributed by atoms with van der Waals surface area (Å²) in [4.78, 5) is 26.7. The third kappa shape index (κ3) is 3.71. The van der Waals surface area contributed by atoms with Gasteiger partial charge in [0.15, 0.2) is 0 Å². The highest BCUT2D eigenvalue weighted by molar-refractivity contribution is 5.95. The fraction of sp³-hybridized carbons (Fsp3) is 0.222. The molecule has 0 aliphatic rings. The fourth-order valence-corrected chi connectivity index (χ4v) is 2.38. The zero-order valence-corrected chi connectivity index (χ0v) is 13.6. The summed E-state index contributed by atoms with van der Waals surface area (Å²) in [6.45, 7) is 4.57. The second-order valence-electron chi connectivity index (χ2n) is 5.01. The first-order valence-electron chi connectivity index (χ1n) is 7.65. The number of ether oxygens (including phenoxy) is 1. The van der Waals surface area contributed by atoms with E-state index in [-0.39, 0.29) is 11.4 Å². The highest BCUT2D eigenvalue weighted by Gasteiger charge is 2.11. The molecule has 0 aliphatic heterocycles. The van der Waals surface area contributed by atoms with Crippen LogP contribution in [0.5, 0.6) is 0 Å². The largest absolute Gasteiger partial charge is 0.468 e. The molecular formula is C18H19FN2O3. The van der Waals surface area contributed by atoms with Crippen LogP contribution in [0.4, 0.5) is 4.39 Å². The molecule has 6 heteroatoms. The molecular weight excluding hydrogens is 311 g/mol. The van der Waals surface area contributed by atoms with Crippen molar-refractivity contribution in [2.75, 3.05) is 6.61 Å². The number of benzene rings is 1. The van der Waals surface area contributed by atoms with E-state index in [1.807, 2.05) is 13.0 Å². The third-order valence-corrected chi connectivity index (χ3v) is 3.57. The maximum absolute atomic E-state index is 13.7. The van der Waals surface area contributed by atoms with Crippen molar-refractivity contribution in [2.45, 2.75) is 20.3 Å². The quantitative estimate of drug-likeness (QED) is 0.720. The van der Waals surface area contributed by atoms with Gasteiger partial charge < -0.3 is 14.7 Å². The summed E-state index contributed by atoms with van der Waals surface area (Å²) in [7, 11) is 0. The molecule has 3 aromatic rings. The zero-order valence-electron chi connectivity index (χ0n) is 13.6. The lowest BCUT2D eigenvalue weighted by Gasteiger charge is -2.02. The summed E-state index contributed by atoms with van der Waals surface area (Å²) in [5.74, 6) is -0.217. The van der Waals surface area contributed by atoms with Crippen molar-refractivity contribution in [3.8, 4) is 11.1 Å². The van der Waals surface area contributed by atoms with Gasteiger partial charge in [0.25, 0.3) is 12.0 Å². The Balaban J connectivity index is 0.000000368. The molecule has 24 heavy (non-hydrogen) atoms. The SMILES string of the molecule is CCOC=O.CCc1cc2c(-c3ccc[nH]c3=O)c[nH]c2cc1F. The topological polar surface area (TPSA) is 75.0 Å². The fourth-order valence-electron chi connectivity index (χ4n) is 2.38. The van der Waals surface area contributed by atoms with Gasteiger partial charge in [0, 0.05) is 34.4 Å². The monoisotopic (exact) mass is 330 g/mol. The summed E-state index contributed by atoms with van der Waals surface area (Å²) in [5, 5.41) is 0.870. The van der Waals surface area contributed by atoms with Crippen LogP contribution < -0.4 is 5.56 Å². The molecule has 0 spiro atoms. The molecule has 0 radical (unpaired) electrons. The zero-order chi connectivity index (χ0) is 17.5. The number of carbonyl (C=O) groups is 1. The second-order valence-corrected chi connectivity index (χ2v) is 5.01. The van der Waals surface area contributed by atoms with E-state index in [9.17, 15) is 14.0 Å². The highest BCUT2D eigenvalue weighted by Crippen LogP contribution is 2.28. The van der Waals surface area contributed by atoms with Crippen molar-refractivity contribution in [2.24, 2.45) is 0 Å². The van der Waals surface area contributed by atoms with Gasteiger partial charge in [0.05, 0.1) is 6.61 Å². The van der Waals surface area contributed by atoms with Crippen LogP contribution in [0.3, 0.4) is 0 Å². The van der Waals surface area contributed by atoms with Gasteiger partial charge in [-0.15, -0.1) is 0 Å². The molecule has 0 saturated heterocycles. The van der Waals surface area contributed by atoms with Gasteiger partial charge in [-0.3, -0.25) is 9.59 Å². The number of aromatic nitrogens is 2. The van der Waals surface area contributed by atoms with Gasteiger partial charge >= 0.3 is 0 Å². The number of hydrogen-bond donors (Lipinski definition) is 2.